The second-order valence-corrected chi connectivity index (χ2v) is 6.61. The van der Waals surface area contributed by atoms with E-state index >= 15 is 0 Å². The molecule has 0 radical (unpaired) electrons. The van der Waals surface area contributed by atoms with Gasteiger partial charge in [-0.3, -0.25) is 4.90 Å². The van der Waals surface area contributed by atoms with Crippen LogP contribution in [-0.4, -0.2) is 36.1 Å². The maximum absolute atomic E-state index is 3.90. The number of nitrogens with zero attached hydrogens (tertiary/aromatic N) is 1. The lowest BCUT2D eigenvalue weighted by molar-refractivity contribution is 0.0461. The minimum absolute atomic E-state index is 0.471. The van der Waals surface area contributed by atoms with Crippen LogP contribution in [0.1, 0.15) is 59.3 Å². The van der Waals surface area contributed by atoms with E-state index in [1.165, 1.54) is 58.2 Å². The zero-order chi connectivity index (χ0) is 12.3. The molecule has 2 aliphatic rings. The lowest BCUT2D eigenvalue weighted by Crippen LogP contribution is -2.65. The third-order valence-electron chi connectivity index (χ3n) is 4.62. The molecule has 100 valence electrons. The Hall–Kier alpha value is -0.0800. The normalized spacial score (nSPS) is 30.0. The Morgan fingerprint density at radius 2 is 1.94 bits per heavy atom. The van der Waals surface area contributed by atoms with Gasteiger partial charge in [0.1, 0.15) is 0 Å². The molecular formula is C15H30N2. The van der Waals surface area contributed by atoms with Crippen LogP contribution in [-0.2, 0) is 0 Å². The molecule has 1 unspecified atom stereocenters. The number of hydrogen-bond donors (Lipinski definition) is 1. The van der Waals surface area contributed by atoms with Gasteiger partial charge in [0.15, 0.2) is 0 Å². The third kappa shape index (κ3) is 3.23. The second kappa shape index (κ2) is 5.71. The molecule has 2 fully saturated rings. The van der Waals surface area contributed by atoms with Crippen molar-refractivity contribution in [1.82, 2.24) is 10.2 Å². The van der Waals surface area contributed by atoms with Crippen LogP contribution in [0.4, 0.5) is 0 Å². The molecule has 1 saturated heterocycles. The monoisotopic (exact) mass is 238 g/mol. The molecule has 1 N–H and O–H groups in total. The molecule has 1 heterocycles. The van der Waals surface area contributed by atoms with Gasteiger partial charge in [0.2, 0.25) is 0 Å². The van der Waals surface area contributed by atoms with E-state index in [2.05, 4.69) is 31.0 Å². The van der Waals surface area contributed by atoms with Gasteiger partial charge in [-0.25, -0.2) is 0 Å². The van der Waals surface area contributed by atoms with Gasteiger partial charge in [-0.15, -0.1) is 0 Å². The highest BCUT2D eigenvalue weighted by atomic mass is 15.3. The predicted octanol–water partition coefficient (Wildman–Crippen LogP) is 3.03. The fraction of sp³-hybridized carbons (Fsp3) is 1.00. The molecule has 1 atom stereocenters. The van der Waals surface area contributed by atoms with Gasteiger partial charge in [0, 0.05) is 31.2 Å². The van der Waals surface area contributed by atoms with Crippen molar-refractivity contribution in [2.45, 2.75) is 70.9 Å². The van der Waals surface area contributed by atoms with Crippen LogP contribution in [0.15, 0.2) is 0 Å². The van der Waals surface area contributed by atoms with Crippen LogP contribution < -0.4 is 5.32 Å². The molecule has 0 bridgehead atoms. The molecule has 1 aliphatic carbocycles. The molecule has 0 aromatic carbocycles. The summed E-state index contributed by atoms with van der Waals surface area (Å²) in [6.07, 6.45) is 8.40. The largest absolute Gasteiger partial charge is 0.308 e. The Bertz CT molecular complexity index is 231. The van der Waals surface area contributed by atoms with E-state index < -0.39 is 0 Å². The standard InChI is InChI=1S/C15H30N2/c1-4-14-10-16-15(8-6-5-7-9-15)12-17(14)11-13(2)3/h13-14,16H,4-12H2,1-3H3. The summed E-state index contributed by atoms with van der Waals surface area (Å²) in [5, 5.41) is 3.90. The van der Waals surface area contributed by atoms with Crippen molar-refractivity contribution in [3.8, 4) is 0 Å². The first-order chi connectivity index (χ1) is 8.15. The Labute approximate surface area is 107 Å². The van der Waals surface area contributed by atoms with E-state index in [1.807, 2.05) is 0 Å². The van der Waals surface area contributed by atoms with E-state index in [1.54, 1.807) is 0 Å². The number of hydrogen-bond acceptors (Lipinski definition) is 2. The zero-order valence-corrected chi connectivity index (χ0v) is 12.0. The first-order valence-corrected chi connectivity index (χ1v) is 7.64. The van der Waals surface area contributed by atoms with Crippen LogP contribution in [0.5, 0.6) is 0 Å². The Kier molecular flexibility index (Phi) is 4.48. The summed E-state index contributed by atoms with van der Waals surface area (Å²) in [6, 6.07) is 0.768. The number of nitrogens with one attached hydrogen (secondary N) is 1. The molecular weight excluding hydrogens is 208 g/mol. The fourth-order valence-corrected chi connectivity index (χ4v) is 3.69. The maximum Gasteiger partial charge on any atom is 0.0309 e. The fourth-order valence-electron chi connectivity index (χ4n) is 3.69. The molecule has 17 heavy (non-hydrogen) atoms. The molecule has 1 spiro atoms. The van der Waals surface area contributed by atoms with Crippen molar-refractivity contribution < 1.29 is 0 Å². The minimum atomic E-state index is 0.471. The Morgan fingerprint density at radius 1 is 1.24 bits per heavy atom. The van der Waals surface area contributed by atoms with Gasteiger partial charge in [0.25, 0.3) is 0 Å². The van der Waals surface area contributed by atoms with Crippen molar-refractivity contribution in [2.24, 2.45) is 5.92 Å². The van der Waals surface area contributed by atoms with Crippen molar-refractivity contribution in [3.63, 3.8) is 0 Å². The second-order valence-electron chi connectivity index (χ2n) is 6.61. The van der Waals surface area contributed by atoms with E-state index in [0.29, 0.717) is 5.54 Å². The lowest BCUT2D eigenvalue weighted by atomic mass is 9.79. The summed E-state index contributed by atoms with van der Waals surface area (Å²) in [5.74, 6) is 0.794. The highest BCUT2D eigenvalue weighted by Crippen LogP contribution is 2.32. The van der Waals surface area contributed by atoms with E-state index in [4.69, 9.17) is 0 Å². The molecule has 2 heteroatoms. The van der Waals surface area contributed by atoms with Crippen molar-refractivity contribution in [1.29, 1.82) is 0 Å². The summed E-state index contributed by atoms with van der Waals surface area (Å²) in [4.78, 5) is 2.77. The number of rotatable bonds is 3. The molecule has 2 nitrogen and oxygen atoms in total. The molecule has 1 saturated carbocycles. The summed E-state index contributed by atoms with van der Waals surface area (Å²) in [7, 11) is 0. The van der Waals surface area contributed by atoms with Gasteiger partial charge in [-0.1, -0.05) is 40.0 Å². The van der Waals surface area contributed by atoms with Gasteiger partial charge in [-0.05, 0) is 25.2 Å². The quantitative estimate of drug-likeness (QED) is 0.813. The maximum atomic E-state index is 3.90. The summed E-state index contributed by atoms with van der Waals surface area (Å²) in [5.41, 5.74) is 0.471. The summed E-state index contributed by atoms with van der Waals surface area (Å²) < 4.78 is 0. The van der Waals surface area contributed by atoms with Crippen LogP contribution in [0.2, 0.25) is 0 Å². The van der Waals surface area contributed by atoms with Crippen molar-refractivity contribution in [2.75, 3.05) is 19.6 Å². The smallest absolute Gasteiger partial charge is 0.0309 e. The molecule has 1 aliphatic heterocycles. The highest BCUT2D eigenvalue weighted by Gasteiger charge is 2.39. The Morgan fingerprint density at radius 3 is 2.53 bits per heavy atom. The van der Waals surface area contributed by atoms with Crippen LogP contribution in [0, 0.1) is 5.92 Å². The topological polar surface area (TPSA) is 15.3 Å². The zero-order valence-electron chi connectivity index (χ0n) is 12.0. The first-order valence-electron chi connectivity index (χ1n) is 7.64. The van der Waals surface area contributed by atoms with E-state index in [9.17, 15) is 0 Å². The van der Waals surface area contributed by atoms with Gasteiger partial charge in [-0.2, -0.15) is 0 Å². The van der Waals surface area contributed by atoms with Gasteiger partial charge < -0.3 is 5.32 Å². The van der Waals surface area contributed by atoms with Crippen LogP contribution >= 0.6 is 0 Å². The van der Waals surface area contributed by atoms with Crippen LogP contribution in [0.25, 0.3) is 0 Å². The van der Waals surface area contributed by atoms with Crippen molar-refractivity contribution >= 4 is 0 Å². The molecule has 0 aromatic heterocycles. The Balaban J connectivity index is 2.00. The third-order valence-corrected chi connectivity index (χ3v) is 4.62. The van der Waals surface area contributed by atoms with Crippen molar-refractivity contribution in [3.05, 3.63) is 0 Å². The molecule has 0 aromatic rings. The van der Waals surface area contributed by atoms with E-state index in [0.717, 1.165) is 12.0 Å². The van der Waals surface area contributed by atoms with Gasteiger partial charge >= 0.3 is 0 Å². The number of piperazine rings is 1. The molecule has 0 amide bonds. The lowest BCUT2D eigenvalue weighted by Gasteiger charge is -2.50. The molecule has 2 rings (SSSR count). The highest BCUT2D eigenvalue weighted by molar-refractivity contribution is 4.99. The van der Waals surface area contributed by atoms with Crippen LogP contribution in [0.3, 0.4) is 0 Å². The first kappa shape index (κ1) is 13.4. The predicted molar refractivity (Wildman–Crippen MR) is 74.3 cm³/mol. The van der Waals surface area contributed by atoms with E-state index in [-0.39, 0.29) is 0 Å². The average Bonchev–Trinajstić information content (AvgIpc) is 2.30. The van der Waals surface area contributed by atoms with Gasteiger partial charge in [0.05, 0.1) is 0 Å². The summed E-state index contributed by atoms with van der Waals surface area (Å²) in [6.45, 7) is 10.8. The minimum Gasteiger partial charge on any atom is -0.308 e. The average molecular weight is 238 g/mol. The summed E-state index contributed by atoms with van der Waals surface area (Å²) >= 11 is 0. The SMILES string of the molecule is CCC1CNC2(CCCCC2)CN1CC(C)C.